The molecule has 2 bridgehead atoms. The molecule has 4 heteroatoms. The number of rotatable bonds is 4. The van der Waals surface area contributed by atoms with Gasteiger partial charge in [-0.25, -0.2) is 4.98 Å². The Kier molecular flexibility index (Phi) is 3.87. The van der Waals surface area contributed by atoms with E-state index in [4.69, 9.17) is 0 Å². The Morgan fingerprint density at radius 2 is 2.19 bits per heavy atom. The van der Waals surface area contributed by atoms with Gasteiger partial charge >= 0.3 is 0 Å². The molecule has 114 valence electrons. The molecule has 4 nitrogen and oxygen atoms in total. The number of anilines is 1. The van der Waals surface area contributed by atoms with E-state index in [1.807, 2.05) is 25.1 Å². The van der Waals surface area contributed by atoms with E-state index in [2.05, 4.69) is 17.2 Å². The number of hydrogen-bond donors (Lipinski definition) is 1. The quantitative estimate of drug-likeness (QED) is 0.926. The Morgan fingerprint density at radius 1 is 1.38 bits per heavy atom. The van der Waals surface area contributed by atoms with Crippen LogP contribution in [0.3, 0.4) is 0 Å². The zero-order valence-electron chi connectivity index (χ0n) is 13.2. The van der Waals surface area contributed by atoms with Gasteiger partial charge in [-0.3, -0.25) is 4.79 Å². The third-order valence-electron chi connectivity index (χ3n) is 5.26. The summed E-state index contributed by atoms with van der Waals surface area (Å²) in [6, 6.07) is 3.90. The molecule has 0 aliphatic heterocycles. The van der Waals surface area contributed by atoms with Gasteiger partial charge in [0, 0.05) is 31.9 Å². The lowest BCUT2D eigenvalue weighted by Crippen LogP contribution is -2.40. The van der Waals surface area contributed by atoms with E-state index in [0.717, 1.165) is 17.7 Å². The molecule has 3 rings (SSSR count). The van der Waals surface area contributed by atoms with Crippen molar-refractivity contribution in [1.29, 1.82) is 0 Å². The maximum Gasteiger partial charge on any atom is 0.251 e. The van der Waals surface area contributed by atoms with Crippen molar-refractivity contribution in [3.8, 4) is 0 Å². The van der Waals surface area contributed by atoms with E-state index in [-0.39, 0.29) is 11.9 Å². The van der Waals surface area contributed by atoms with Crippen molar-refractivity contribution < 1.29 is 4.79 Å². The fourth-order valence-corrected chi connectivity index (χ4v) is 4.11. The van der Waals surface area contributed by atoms with Crippen LogP contribution in [-0.4, -0.2) is 31.0 Å². The van der Waals surface area contributed by atoms with Crippen molar-refractivity contribution in [2.24, 2.45) is 17.8 Å². The fourth-order valence-electron chi connectivity index (χ4n) is 4.11. The van der Waals surface area contributed by atoms with Crippen molar-refractivity contribution in [2.75, 3.05) is 19.0 Å². The molecule has 0 aromatic carbocycles. The normalized spacial score (nSPS) is 28.4. The Hall–Kier alpha value is -1.58. The Balaban J connectivity index is 1.64. The number of nitrogens with zero attached hydrogens (tertiary/aromatic N) is 2. The number of carbonyl (C=O) groups is 1. The van der Waals surface area contributed by atoms with Crippen molar-refractivity contribution in [3.63, 3.8) is 0 Å². The van der Waals surface area contributed by atoms with Crippen LogP contribution in [0.15, 0.2) is 18.3 Å². The number of pyridine rings is 1. The molecule has 0 saturated heterocycles. The lowest BCUT2D eigenvalue weighted by atomic mass is 9.84. The summed E-state index contributed by atoms with van der Waals surface area (Å²) in [5.74, 6) is 3.26. The van der Waals surface area contributed by atoms with E-state index >= 15 is 0 Å². The molecule has 2 fully saturated rings. The standard InChI is InChI=1S/C17H25N3O/c1-11(15-9-12-4-5-13(15)8-12)19-17(21)14-6-7-18-16(10-14)20(2)3/h6-7,10-13,15H,4-5,8-9H2,1-3H3,(H,19,21). The van der Waals surface area contributed by atoms with Crippen LogP contribution < -0.4 is 10.2 Å². The number of hydrogen-bond acceptors (Lipinski definition) is 3. The second-order valence-corrected chi connectivity index (χ2v) is 6.90. The van der Waals surface area contributed by atoms with E-state index < -0.39 is 0 Å². The van der Waals surface area contributed by atoms with E-state index in [9.17, 15) is 4.79 Å². The topological polar surface area (TPSA) is 45.2 Å². The highest BCUT2D eigenvalue weighted by Gasteiger charge is 2.42. The summed E-state index contributed by atoms with van der Waals surface area (Å²) >= 11 is 0. The first-order valence-corrected chi connectivity index (χ1v) is 7.99. The molecule has 1 N–H and O–H groups in total. The highest BCUT2D eigenvalue weighted by molar-refractivity contribution is 5.95. The SMILES string of the molecule is CC(NC(=O)c1ccnc(N(C)C)c1)C1CC2CCC1C2. The van der Waals surface area contributed by atoms with Crippen molar-refractivity contribution in [2.45, 2.75) is 38.6 Å². The third kappa shape index (κ3) is 2.89. The van der Waals surface area contributed by atoms with Crippen LogP contribution in [0.4, 0.5) is 5.82 Å². The minimum absolute atomic E-state index is 0.0239. The minimum atomic E-state index is 0.0239. The molecule has 2 aliphatic rings. The molecule has 1 amide bonds. The van der Waals surface area contributed by atoms with Gasteiger partial charge in [-0.05, 0) is 56.1 Å². The number of aromatic nitrogens is 1. The molecule has 1 aromatic heterocycles. The monoisotopic (exact) mass is 287 g/mol. The molecule has 0 radical (unpaired) electrons. The Labute approximate surface area is 126 Å². The fraction of sp³-hybridized carbons (Fsp3) is 0.647. The second kappa shape index (κ2) is 5.66. The predicted octanol–water partition coefficient (Wildman–Crippen LogP) is 2.70. The smallest absolute Gasteiger partial charge is 0.251 e. The number of amides is 1. The Morgan fingerprint density at radius 3 is 2.81 bits per heavy atom. The first-order valence-electron chi connectivity index (χ1n) is 7.99. The average molecular weight is 287 g/mol. The van der Waals surface area contributed by atoms with Gasteiger partial charge < -0.3 is 10.2 Å². The molecule has 2 aliphatic carbocycles. The third-order valence-corrected chi connectivity index (χ3v) is 5.26. The lowest BCUT2D eigenvalue weighted by Gasteiger charge is -2.28. The van der Waals surface area contributed by atoms with Crippen molar-refractivity contribution in [1.82, 2.24) is 10.3 Å². The number of nitrogens with one attached hydrogen (secondary N) is 1. The van der Waals surface area contributed by atoms with Crippen LogP contribution in [0.2, 0.25) is 0 Å². The van der Waals surface area contributed by atoms with Gasteiger partial charge in [-0.2, -0.15) is 0 Å². The Bertz CT molecular complexity index is 529. The molecule has 0 spiro atoms. The average Bonchev–Trinajstić information content (AvgIpc) is 3.10. The van der Waals surface area contributed by atoms with E-state index in [0.29, 0.717) is 11.5 Å². The van der Waals surface area contributed by atoms with Crippen LogP contribution in [0.1, 0.15) is 43.0 Å². The van der Waals surface area contributed by atoms with E-state index in [1.165, 1.54) is 25.7 Å². The maximum absolute atomic E-state index is 12.4. The van der Waals surface area contributed by atoms with Crippen LogP contribution in [0.25, 0.3) is 0 Å². The van der Waals surface area contributed by atoms with Crippen LogP contribution in [0, 0.1) is 17.8 Å². The molecule has 4 atom stereocenters. The predicted molar refractivity (Wildman–Crippen MR) is 84.4 cm³/mol. The summed E-state index contributed by atoms with van der Waals surface area (Å²) in [5, 5.41) is 3.20. The molecule has 1 aromatic rings. The van der Waals surface area contributed by atoms with Crippen LogP contribution in [-0.2, 0) is 0 Å². The molecule has 4 unspecified atom stereocenters. The van der Waals surface area contributed by atoms with Gasteiger partial charge in [-0.15, -0.1) is 0 Å². The first kappa shape index (κ1) is 14.4. The zero-order chi connectivity index (χ0) is 15.0. The highest BCUT2D eigenvalue weighted by Crippen LogP contribution is 2.49. The molecular formula is C17H25N3O. The maximum atomic E-state index is 12.4. The van der Waals surface area contributed by atoms with Gasteiger partial charge in [-0.1, -0.05) is 6.42 Å². The van der Waals surface area contributed by atoms with Crippen molar-refractivity contribution >= 4 is 11.7 Å². The first-order chi connectivity index (χ1) is 10.0. The second-order valence-electron chi connectivity index (χ2n) is 6.90. The van der Waals surface area contributed by atoms with Gasteiger partial charge in [0.1, 0.15) is 5.82 Å². The lowest BCUT2D eigenvalue weighted by molar-refractivity contribution is 0.0915. The van der Waals surface area contributed by atoms with Gasteiger partial charge in [0.25, 0.3) is 5.91 Å². The molecule has 21 heavy (non-hydrogen) atoms. The number of carbonyl (C=O) groups excluding carboxylic acids is 1. The van der Waals surface area contributed by atoms with Crippen molar-refractivity contribution in [3.05, 3.63) is 23.9 Å². The summed E-state index contributed by atoms with van der Waals surface area (Å²) in [6.45, 7) is 2.16. The summed E-state index contributed by atoms with van der Waals surface area (Å²) < 4.78 is 0. The van der Waals surface area contributed by atoms with Gasteiger partial charge in [0.15, 0.2) is 0 Å². The van der Waals surface area contributed by atoms with Gasteiger partial charge in [0.2, 0.25) is 0 Å². The summed E-state index contributed by atoms with van der Waals surface area (Å²) in [6.07, 6.45) is 7.14. The number of fused-ring (bicyclic) bond motifs is 2. The summed E-state index contributed by atoms with van der Waals surface area (Å²) in [7, 11) is 3.86. The van der Waals surface area contributed by atoms with Crippen LogP contribution in [0.5, 0.6) is 0 Å². The largest absolute Gasteiger partial charge is 0.363 e. The van der Waals surface area contributed by atoms with E-state index in [1.54, 1.807) is 12.3 Å². The summed E-state index contributed by atoms with van der Waals surface area (Å²) in [5.41, 5.74) is 0.698. The van der Waals surface area contributed by atoms with Crippen LogP contribution >= 0.6 is 0 Å². The molecule has 1 heterocycles. The zero-order valence-corrected chi connectivity index (χ0v) is 13.2. The van der Waals surface area contributed by atoms with Gasteiger partial charge in [0.05, 0.1) is 0 Å². The molecule has 2 saturated carbocycles. The molecular weight excluding hydrogens is 262 g/mol. The summed E-state index contributed by atoms with van der Waals surface area (Å²) in [4.78, 5) is 18.6. The minimum Gasteiger partial charge on any atom is -0.363 e. The highest BCUT2D eigenvalue weighted by atomic mass is 16.1.